The molecule has 0 aliphatic rings. The van der Waals surface area contributed by atoms with Crippen molar-refractivity contribution in [3.05, 3.63) is 59.7 Å². The first-order chi connectivity index (χ1) is 9.16. The van der Waals surface area contributed by atoms with E-state index in [0.29, 0.717) is 24.2 Å². The molecule has 19 heavy (non-hydrogen) atoms. The van der Waals surface area contributed by atoms with E-state index >= 15 is 0 Å². The van der Waals surface area contributed by atoms with Crippen molar-refractivity contribution in [3.8, 4) is 0 Å². The second kappa shape index (κ2) is 6.24. The Balaban J connectivity index is 1.89. The lowest BCUT2D eigenvalue weighted by molar-refractivity contribution is 0.610. The lowest BCUT2D eigenvalue weighted by atomic mass is 10.1. The van der Waals surface area contributed by atoms with Gasteiger partial charge in [-0.2, -0.15) is 0 Å². The molecule has 2 rings (SSSR count). The Morgan fingerprint density at radius 1 is 1.26 bits per heavy atom. The van der Waals surface area contributed by atoms with E-state index in [2.05, 4.69) is 10.3 Å². The number of thiocarbonyl (C=S) groups is 1. The maximum absolute atomic E-state index is 13.4. The van der Waals surface area contributed by atoms with Gasteiger partial charge in [-0.25, -0.2) is 4.39 Å². The minimum atomic E-state index is -0.175. The van der Waals surface area contributed by atoms with Crippen molar-refractivity contribution in [1.82, 2.24) is 4.98 Å². The van der Waals surface area contributed by atoms with Gasteiger partial charge in [0.2, 0.25) is 0 Å². The van der Waals surface area contributed by atoms with Crippen molar-refractivity contribution >= 4 is 22.9 Å². The summed E-state index contributed by atoms with van der Waals surface area (Å²) in [6, 6.07) is 10.4. The quantitative estimate of drug-likeness (QED) is 0.823. The number of rotatable bonds is 5. The number of nitrogens with one attached hydrogen (secondary N) is 1. The molecule has 0 unspecified atom stereocenters. The predicted octanol–water partition coefficient (Wildman–Crippen LogP) is 2.51. The molecule has 0 saturated heterocycles. The summed E-state index contributed by atoms with van der Waals surface area (Å²) in [4.78, 5) is 4.39. The molecule has 0 radical (unpaired) electrons. The second-order valence-electron chi connectivity index (χ2n) is 4.06. The summed E-state index contributed by atoms with van der Waals surface area (Å²) in [6.45, 7) is 0.634. The van der Waals surface area contributed by atoms with Crippen LogP contribution in [0.4, 0.5) is 10.1 Å². The van der Waals surface area contributed by atoms with Crippen LogP contribution in [0.2, 0.25) is 0 Å². The molecule has 5 heteroatoms. The highest BCUT2D eigenvalue weighted by Gasteiger charge is 2.01. The summed E-state index contributed by atoms with van der Waals surface area (Å²) in [5, 5.41) is 3.17. The molecule has 1 aromatic carbocycles. The molecule has 98 valence electrons. The Bertz CT molecular complexity index is 569. The lowest BCUT2D eigenvalue weighted by Gasteiger charge is -2.07. The van der Waals surface area contributed by atoms with Gasteiger partial charge >= 0.3 is 0 Å². The van der Waals surface area contributed by atoms with Gasteiger partial charge in [0, 0.05) is 6.54 Å². The summed E-state index contributed by atoms with van der Waals surface area (Å²) in [5.41, 5.74) is 7.61. The Morgan fingerprint density at radius 2 is 2.05 bits per heavy atom. The van der Waals surface area contributed by atoms with Gasteiger partial charge in [0.1, 0.15) is 10.8 Å². The van der Waals surface area contributed by atoms with Crippen LogP contribution in [-0.2, 0) is 6.42 Å². The fourth-order valence-electron chi connectivity index (χ4n) is 1.69. The van der Waals surface area contributed by atoms with E-state index in [-0.39, 0.29) is 10.8 Å². The van der Waals surface area contributed by atoms with Crippen molar-refractivity contribution in [2.45, 2.75) is 6.42 Å². The van der Waals surface area contributed by atoms with Crippen LogP contribution < -0.4 is 11.1 Å². The van der Waals surface area contributed by atoms with Gasteiger partial charge in [0.05, 0.1) is 17.6 Å². The van der Waals surface area contributed by atoms with Gasteiger partial charge < -0.3 is 11.1 Å². The zero-order valence-electron chi connectivity index (χ0n) is 10.3. The predicted molar refractivity (Wildman–Crippen MR) is 78.7 cm³/mol. The molecule has 3 N–H and O–H groups in total. The van der Waals surface area contributed by atoms with Crippen LogP contribution in [0.15, 0.2) is 42.6 Å². The molecule has 2 aromatic rings. The third-order valence-corrected chi connectivity index (χ3v) is 2.91. The van der Waals surface area contributed by atoms with Crippen molar-refractivity contribution in [2.24, 2.45) is 5.73 Å². The first kappa shape index (κ1) is 13.4. The Kier molecular flexibility index (Phi) is 4.41. The van der Waals surface area contributed by atoms with E-state index in [0.717, 1.165) is 5.69 Å². The van der Waals surface area contributed by atoms with Crippen LogP contribution in [0.25, 0.3) is 0 Å². The van der Waals surface area contributed by atoms with Gasteiger partial charge in [0.15, 0.2) is 0 Å². The number of hydrogen-bond acceptors (Lipinski definition) is 3. The van der Waals surface area contributed by atoms with E-state index in [1.807, 2.05) is 12.1 Å². The Hall–Kier alpha value is -2.01. The lowest BCUT2D eigenvalue weighted by Crippen LogP contribution is -2.12. The molecule has 0 saturated carbocycles. The molecule has 3 nitrogen and oxygen atoms in total. The van der Waals surface area contributed by atoms with Crippen LogP contribution in [0, 0.1) is 5.82 Å². The topological polar surface area (TPSA) is 50.9 Å². The van der Waals surface area contributed by atoms with Crippen LogP contribution in [-0.4, -0.2) is 16.5 Å². The summed E-state index contributed by atoms with van der Waals surface area (Å²) in [7, 11) is 0. The number of nitrogens with zero attached hydrogens (tertiary/aromatic N) is 1. The van der Waals surface area contributed by atoms with E-state index in [9.17, 15) is 4.39 Å². The Labute approximate surface area is 116 Å². The Morgan fingerprint density at radius 3 is 2.68 bits per heavy atom. The smallest absolute Gasteiger partial charge is 0.126 e. The normalized spacial score (nSPS) is 10.2. The minimum absolute atomic E-state index is 0.175. The van der Waals surface area contributed by atoms with Gasteiger partial charge in [-0.1, -0.05) is 30.4 Å². The number of halogens is 1. The van der Waals surface area contributed by atoms with Gasteiger partial charge in [-0.15, -0.1) is 0 Å². The SMILES string of the molecule is NC(=S)c1ccc(NCCc2ccccc2F)cn1. The molecular weight excluding hydrogens is 261 g/mol. The highest BCUT2D eigenvalue weighted by Crippen LogP contribution is 2.09. The van der Waals surface area contributed by atoms with Gasteiger partial charge in [0.25, 0.3) is 0 Å². The zero-order chi connectivity index (χ0) is 13.7. The van der Waals surface area contributed by atoms with Crippen molar-refractivity contribution in [1.29, 1.82) is 0 Å². The first-order valence-electron chi connectivity index (χ1n) is 5.90. The van der Waals surface area contributed by atoms with Gasteiger partial charge in [-0.05, 0) is 30.2 Å². The summed E-state index contributed by atoms with van der Waals surface area (Å²) >= 11 is 4.82. The van der Waals surface area contributed by atoms with Crippen LogP contribution in [0.1, 0.15) is 11.3 Å². The molecule has 1 heterocycles. The van der Waals surface area contributed by atoms with Crippen molar-refractivity contribution < 1.29 is 4.39 Å². The van der Waals surface area contributed by atoms with Crippen LogP contribution in [0.3, 0.4) is 0 Å². The average molecular weight is 275 g/mol. The van der Waals surface area contributed by atoms with Gasteiger partial charge in [-0.3, -0.25) is 4.98 Å². The molecule has 0 spiro atoms. The third kappa shape index (κ3) is 3.72. The highest BCUT2D eigenvalue weighted by molar-refractivity contribution is 7.80. The number of hydrogen-bond donors (Lipinski definition) is 2. The molecule has 0 aliphatic heterocycles. The van der Waals surface area contributed by atoms with Crippen LogP contribution in [0.5, 0.6) is 0 Å². The third-order valence-electron chi connectivity index (χ3n) is 2.70. The van der Waals surface area contributed by atoms with Crippen molar-refractivity contribution in [3.63, 3.8) is 0 Å². The van der Waals surface area contributed by atoms with E-state index in [1.54, 1.807) is 24.4 Å². The second-order valence-corrected chi connectivity index (χ2v) is 4.50. The van der Waals surface area contributed by atoms with Crippen LogP contribution >= 0.6 is 12.2 Å². The number of anilines is 1. The molecular formula is C14H14FN3S. The fraction of sp³-hybridized carbons (Fsp3) is 0.143. The number of aromatic nitrogens is 1. The summed E-state index contributed by atoms with van der Waals surface area (Å²) in [6.07, 6.45) is 2.28. The number of pyridine rings is 1. The summed E-state index contributed by atoms with van der Waals surface area (Å²) < 4.78 is 13.4. The zero-order valence-corrected chi connectivity index (χ0v) is 11.1. The molecule has 1 aromatic heterocycles. The molecule has 0 amide bonds. The fourth-order valence-corrected chi connectivity index (χ4v) is 1.81. The first-order valence-corrected chi connectivity index (χ1v) is 6.31. The van der Waals surface area contributed by atoms with E-state index in [4.69, 9.17) is 18.0 Å². The average Bonchev–Trinajstić information content (AvgIpc) is 2.41. The number of benzene rings is 1. The molecule has 0 atom stereocenters. The monoisotopic (exact) mass is 275 g/mol. The van der Waals surface area contributed by atoms with Crippen molar-refractivity contribution in [2.75, 3.05) is 11.9 Å². The minimum Gasteiger partial charge on any atom is -0.388 e. The summed E-state index contributed by atoms with van der Waals surface area (Å²) in [5.74, 6) is -0.175. The standard InChI is InChI=1S/C14H14FN3S/c15-12-4-2-1-3-10(12)7-8-17-11-5-6-13(14(16)19)18-9-11/h1-6,9,17H,7-8H2,(H2,16,19). The maximum Gasteiger partial charge on any atom is 0.126 e. The van der Waals surface area contributed by atoms with E-state index in [1.165, 1.54) is 6.07 Å². The number of nitrogens with two attached hydrogens (primary N) is 1. The molecule has 0 fully saturated rings. The highest BCUT2D eigenvalue weighted by atomic mass is 32.1. The van der Waals surface area contributed by atoms with E-state index < -0.39 is 0 Å². The largest absolute Gasteiger partial charge is 0.388 e. The maximum atomic E-state index is 13.4. The molecule has 0 aliphatic carbocycles. The molecule has 0 bridgehead atoms.